The van der Waals surface area contributed by atoms with E-state index in [1.165, 1.54) is 6.20 Å². The maximum atomic E-state index is 11.9. The van der Waals surface area contributed by atoms with Gasteiger partial charge in [0.25, 0.3) is 0 Å². The second kappa shape index (κ2) is 4.94. The lowest BCUT2D eigenvalue weighted by Gasteiger charge is -2.19. The SMILES string of the molecule is Cc1[nH]ncc1S(=O)(=O)N[C@H](CO)C(C)C. The van der Waals surface area contributed by atoms with Crippen molar-refractivity contribution in [1.29, 1.82) is 0 Å². The topological polar surface area (TPSA) is 95.1 Å². The van der Waals surface area contributed by atoms with Gasteiger partial charge in [0, 0.05) is 6.04 Å². The Labute approximate surface area is 95.1 Å². The first-order valence-corrected chi connectivity index (χ1v) is 6.50. The van der Waals surface area contributed by atoms with Crippen molar-refractivity contribution in [3.8, 4) is 0 Å². The van der Waals surface area contributed by atoms with E-state index in [0.717, 1.165) is 0 Å². The lowest BCUT2D eigenvalue weighted by molar-refractivity contribution is 0.227. The molecule has 0 aliphatic heterocycles. The number of aliphatic hydroxyl groups is 1. The number of nitrogens with one attached hydrogen (secondary N) is 2. The average molecular weight is 247 g/mol. The quantitative estimate of drug-likeness (QED) is 0.683. The molecule has 0 bridgehead atoms. The summed E-state index contributed by atoms with van der Waals surface area (Å²) in [7, 11) is -3.61. The zero-order valence-corrected chi connectivity index (χ0v) is 10.4. The van der Waals surface area contributed by atoms with Gasteiger partial charge in [-0.3, -0.25) is 5.10 Å². The minimum atomic E-state index is -3.61. The van der Waals surface area contributed by atoms with Crippen LogP contribution in [0.5, 0.6) is 0 Å². The van der Waals surface area contributed by atoms with E-state index < -0.39 is 16.1 Å². The highest BCUT2D eigenvalue weighted by Gasteiger charge is 2.24. The van der Waals surface area contributed by atoms with Gasteiger partial charge in [0.05, 0.1) is 18.5 Å². The normalized spacial score (nSPS) is 14.3. The van der Waals surface area contributed by atoms with E-state index in [1.807, 2.05) is 13.8 Å². The standard InChI is InChI=1S/C9H17N3O3S/c1-6(2)8(5-13)12-16(14,15)9-4-10-11-7(9)3/h4,6,8,12-13H,5H2,1-3H3,(H,10,11)/t8-/m1/s1. The summed E-state index contributed by atoms with van der Waals surface area (Å²) in [5.74, 6) is 0.0204. The predicted octanol–water partition coefficient (Wildman–Crippen LogP) is 0.0133. The molecule has 0 saturated heterocycles. The smallest absolute Gasteiger partial charge is 0.244 e. The highest BCUT2D eigenvalue weighted by atomic mass is 32.2. The van der Waals surface area contributed by atoms with Crippen molar-refractivity contribution in [3.05, 3.63) is 11.9 Å². The highest BCUT2D eigenvalue weighted by Crippen LogP contribution is 2.13. The van der Waals surface area contributed by atoms with E-state index in [2.05, 4.69) is 14.9 Å². The first kappa shape index (κ1) is 13.1. The van der Waals surface area contributed by atoms with Gasteiger partial charge < -0.3 is 5.11 Å². The predicted molar refractivity (Wildman–Crippen MR) is 59.4 cm³/mol. The van der Waals surface area contributed by atoms with Crippen molar-refractivity contribution in [1.82, 2.24) is 14.9 Å². The molecule has 1 rings (SSSR count). The first-order valence-electron chi connectivity index (χ1n) is 5.01. The Morgan fingerprint density at radius 1 is 1.56 bits per heavy atom. The fourth-order valence-corrected chi connectivity index (χ4v) is 2.77. The van der Waals surface area contributed by atoms with E-state index in [1.54, 1.807) is 6.92 Å². The molecule has 0 amide bonds. The summed E-state index contributed by atoms with van der Waals surface area (Å²) in [6, 6.07) is -0.487. The average Bonchev–Trinajstić information content (AvgIpc) is 2.61. The van der Waals surface area contributed by atoms with E-state index in [4.69, 9.17) is 5.11 Å². The van der Waals surface area contributed by atoms with E-state index in [9.17, 15) is 8.42 Å². The van der Waals surface area contributed by atoms with Crippen LogP contribution in [0.3, 0.4) is 0 Å². The van der Waals surface area contributed by atoms with Crippen molar-refractivity contribution in [2.45, 2.75) is 31.7 Å². The fraction of sp³-hybridized carbons (Fsp3) is 0.667. The van der Waals surface area contributed by atoms with Crippen LogP contribution in [0.15, 0.2) is 11.1 Å². The van der Waals surface area contributed by atoms with Gasteiger partial charge in [-0.05, 0) is 12.8 Å². The lowest BCUT2D eigenvalue weighted by Crippen LogP contribution is -2.41. The Kier molecular flexibility index (Phi) is 4.06. The molecule has 0 spiro atoms. The molecule has 0 fully saturated rings. The van der Waals surface area contributed by atoms with Crippen molar-refractivity contribution in [3.63, 3.8) is 0 Å². The van der Waals surface area contributed by atoms with Crippen LogP contribution in [-0.4, -0.2) is 36.4 Å². The van der Waals surface area contributed by atoms with E-state index >= 15 is 0 Å². The molecule has 92 valence electrons. The Balaban J connectivity index is 2.92. The third-order valence-corrected chi connectivity index (χ3v) is 3.98. The summed E-state index contributed by atoms with van der Waals surface area (Å²) in [6.45, 7) is 5.08. The monoisotopic (exact) mass is 247 g/mol. The third kappa shape index (κ3) is 2.81. The van der Waals surface area contributed by atoms with Crippen LogP contribution in [0.4, 0.5) is 0 Å². The molecule has 1 aromatic rings. The van der Waals surface area contributed by atoms with Crippen molar-refractivity contribution in [2.75, 3.05) is 6.61 Å². The van der Waals surface area contributed by atoms with Gasteiger partial charge in [-0.1, -0.05) is 13.8 Å². The van der Waals surface area contributed by atoms with Gasteiger partial charge in [-0.15, -0.1) is 0 Å². The molecule has 7 heteroatoms. The van der Waals surface area contributed by atoms with Crippen LogP contribution in [0, 0.1) is 12.8 Å². The zero-order chi connectivity index (χ0) is 12.3. The Morgan fingerprint density at radius 3 is 2.56 bits per heavy atom. The number of hydrogen-bond acceptors (Lipinski definition) is 4. The number of aromatic amines is 1. The largest absolute Gasteiger partial charge is 0.395 e. The number of H-pyrrole nitrogens is 1. The van der Waals surface area contributed by atoms with Gasteiger partial charge in [0.2, 0.25) is 10.0 Å². The van der Waals surface area contributed by atoms with Gasteiger partial charge in [-0.2, -0.15) is 5.10 Å². The summed E-state index contributed by atoms with van der Waals surface area (Å²) >= 11 is 0. The molecule has 0 saturated carbocycles. The maximum Gasteiger partial charge on any atom is 0.244 e. The minimum Gasteiger partial charge on any atom is -0.395 e. The summed E-state index contributed by atoms with van der Waals surface area (Å²) in [6.07, 6.45) is 1.26. The number of rotatable bonds is 5. The number of sulfonamides is 1. The molecule has 0 aliphatic rings. The van der Waals surface area contributed by atoms with E-state index in [0.29, 0.717) is 5.69 Å². The molecule has 6 nitrogen and oxygen atoms in total. The number of aryl methyl sites for hydroxylation is 1. The number of aromatic nitrogens is 2. The van der Waals surface area contributed by atoms with Gasteiger partial charge >= 0.3 is 0 Å². The fourth-order valence-electron chi connectivity index (χ4n) is 1.26. The number of aliphatic hydroxyl groups excluding tert-OH is 1. The number of nitrogens with zero attached hydrogens (tertiary/aromatic N) is 1. The molecule has 3 N–H and O–H groups in total. The first-order chi connectivity index (χ1) is 7.38. The summed E-state index contributed by atoms with van der Waals surface area (Å²) in [5, 5.41) is 15.3. The maximum absolute atomic E-state index is 11.9. The molecule has 0 aliphatic carbocycles. The van der Waals surface area contributed by atoms with Crippen LogP contribution < -0.4 is 4.72 Å². The second-order valence-electron chi connectivity index (χ2n) is 4.01. The van der Waals surface area contributed by atoms with Crippen molar-refractivity contribution < 1.29 is 13.5 Å². The lowest BCUT2D eigenvalue weighted by atomic mass is 10.1. The molecule has 16 heavy (non-hydrogen) atoms. The van der Waals surface area contributed by atoms with Gasteiger partial charge in [-0.25, -0.2) is 13.1 Å². The zero-order valence-electron chi connectivity index (χ0n) is 9.56. The second-order valence-corrected chi connectivity index (χ2v) is 5.70. The van der Waals surface area contributed by atoms with Crippen LogP contribution >= 0.6 is 0 Å². The molecule has 1 atom stereocenters. The van der Waals surface area contributed by atoms with Crippen molar-refractivity contribution in [2.24, 2.45) is 5.92 Å². The van der Waals surface area contributed by atoms with Crippen molar-refractivity contribution >= 4 is 10.0 Å². The van der Waals surface area contributed by atoms with Gasteiger partial charge in [0.1, 0.15) is 4.90 Å². The molecular weight excluding hydrogens is 230 g/mol. The molecule has 0 aromatic carbocycles. The summed E-state index contributed by atoms with van der Waals surface area (Å²) < 4.78 is 26.3. The molecule has 0 radical (unpaired) electrons. The van der Waals surface area contributed by atoms with Crippen LogP contribution in [-0.2, 0) is 10.0 Å². The Morgan fingerprint density at radius 2 is 2.19 bits per heavy atom. The van der Waals surface area contributed by atoms with Crippen LogP contribution in [0.25, 0.3) is 0 Å². The molecule has 1 aromatic heterocycles. The summed E-state index contributed by atoms with van der Waals surface area (Å²) in [4.78, 5) is 0.117. The Bertz CT molecular complexity index is 439. The molecule has 0 unspecified atom stereocenters. The van der Waals surface area contributed by atoms with E-state index in [-0.39, 0.29) is 17.4 Å². The molecular formula is C9H17N3O3S. The highest BCUT2D eigenvalue weighted by molar-refractivity contribution is 7.89. The van der Waals surface area contributed by atoms with Gasteiger partial charge in [0.15, 0.2) is 0 Å². The summed E-state index contributed by atoms with van der Waals surface area (Å²) in [5.41, 5.74) is 0.480. The van der Waals surface area contributed by atoms with Crippen LogP contribution in [0.2, 0.25) is 0 Å². The minimum absolute atomic E-state index is 0.0204. The number of hydrogen-bond donors (Lipinski definition) is 3. The molecule has 1 heterocycles. The third-order valence-electron chi connectivity index (χ3n) is 2.38. The Hall–Kier alpha value is -0.920. The van der Waals surface area contributed by atoms with Crippen LogP contribution in [0.1, 0.15) is 19.5 Å².